The van der Waals surface area contributed by atoms with Gasteiger partial charge in [0.2, 0.25) is 0 Å². The SMILES string of the molecule is CNO.N/C(=C\c1c(N)[nH]c(C2CCOCC2)c1N1CCOCC1)c1ccccc1O.[W]. The minimum atomic E-state index is 0. The second-order valence-electron chi connectivity index (χ2n) is 7.54. The number of ether oxygens (including phenoxy) is 2. The zero-order valence-electron chi connectivity index (χ0n) is 18.3. The Morgan fingerprint density at radius 2 is 1.75 bits per heavy atom. The van der Waals surface area contributed by atoms with E-state index in [1.165, 1.54) is 7.05 Å². The Balaban J connectivity index is 0.000000860. The largest absolute Gasteiger partial charge is 0.507 e. The zero-order valence-corrected chi connectivity index (χ0v) is 21.3. The number of nitrogen functional groups attached to an aromatic ring is 1. The van der Waals surface area contributed by atoms with Gasteiger partial charge >= 0.3 is 0 Å². The summed E-state index contributed by atoms with van der Waals surface area (Å²) in [4.78, 5) is 5.75. The summed E-state index contributed by atoms with van der Waals surface area (Å²) in [5, 5.41) is 17.5. The number of aromatic nitrogens is 1. The number of hydrogen-bond donors (Lipinski definition) is 6. The number of H-pyrrole nitrogens is 1. The fourth-order valence-corrected chi connectivity index (χ4v) is 4.05. The average molecular weight is 615 g/mol. The Hall–Kier alpha value is -2.03. The van der Waals surface area contributed by atoms with Crippen LogP contribution in [-0.4, -0.2) is 61.9 Å². The quantitative estimate of drug-likeness (QED) is 0.288. The average Bonchev–Trinajstić information content (AvgIpc) is 3.12. The van der Waals surface area contributed by atoms with Gasteiger partial charge in [-0.1, -0.05) is 12.1 Å². The van der Waals surface area contributed by atoms with Crippen LogP contribution in [0.3, 0.4) is 0 Å². The fraction of sp³-hybridized carbons (Fsp3) is 0.455. The van der Waals surface area contributed by atoms with Gasteiger partial charge < -0.3 is 41.1 Å². The maximum Gasteiger partial charge on any atom is 0.124 e. The number of benzene rings is 1. The fourth-order valence-electron chi connectivity index (χ4n) is 4.05. The Bertz CT molecular complexity index is 877. The molecule has 0 unspecified atom stereocenters. The van der Waals surface area contributed by atoms with Crippen molar-refractivity contribution in [1.29, 1.82) is 0 Å². The topological polar surface area (TPSA) is 142 Å². The van der Waals surface area contributed by atoms with Gasteiger partial charge in [0, 0.05) is 82.9 Å². The molecule has 1 aromatic carbocycles. The smallest absolute Gasteiger partial charge is 0.124 e. The van der Waals surface area contributed by atoms with Gasteiger partial charge in [0.05, 0.1) is 18.9 Å². The van der Waals surface area contributed by atoms with Crippen molar-refractivity contribution in [3.63, 3.8) is 0 Å². The third-order valence-electron chi connectivity index (χ3n) is 5.54. The van der Waals surface area contributed by atoms with Crippen molar-refractivity contribution >= 4 is 23.3 Å². The molecular weight excluding hydrogens is 582 g/mol. The van der Waals surface area contributed by atoms with E-state index in [0.29, 0.717) is 36.2 Å². The van der Waals surface area contributed by atoms with Crippen LogP contribution >= 0.6 is 0 Å². The van der Waals surface area contributed by atoms with Gasteiger partial charge in [-0.15, -0.1) is 0 Å². The van der Waals surface area contributed by atoms with Gasteiger partial charge in [0.25, 0.3) is 0 Å². The van der Waals surface area contributed by atoms with E-state index in [1.807, 2.05) is 12.1 Å². The Kier molecular flexibility index (Phi) is 10.5. The van der Waals surface area contributed by atoms with E-state index >= 15 is 0 Å². The van der Waals surface area contributed by atoms with Gasteiger partial charge in [-0.05, 0) is 31.1 Å². The molecule has 8 N–H and O–H groups in total. The van der Waals surface area contributed by atoms with Crippen molar-refractivity contribution in [2.45, 2.75) is 18.8 Å². The Morgan fingerprint density at radius 3 is 2.38 bits per heavy atom. The number of morpholine rings is 1. The second-order valence-corrected chi connectivity index (χ2v) is 7.54. The number of anilines is 2. The van der Waals surface area contributed by atoms with Crippen molar-refractivity contribution in [3.05, 3.63) is 41.1 Å². The molecule has 0 spiro atoms. The van der Waals surface area contributed by atoms with E-state index in [2.05, 4.69) is 9.88 Å². The first-order chi connectivity index (χ1) is 15.1. The number of nitrogens with two attached hydrogens (primary N) is 2. The minimum Gasteiger partial charge on any atom is -0.507 e. The molecule has 0 saturated carbocycles. The van der Waals surface area contributed by atoms with Crippen LogP contribution < -0.4 is 21.8 Å². The van der Waals surface area contributed by atoms with E-state index in [1.54, 1.807) is 23.7 Å². The molecule has 0 radical (unpaired) electrons. The summed E-state index contributed by atoms with van der Waals surface area (Å²) in [5.74, 6) is 1.13. The van der Waals surface area contributed by atoms with Crippen molar-refractivity contribution in [1.82, 2.24) is 10.5 Å². The minimum absolute atomic E-state index is 0. The molecule has 0 amide bonds. The van der Waals surface area contributed by atoms with E-state index in [0.717, 1.165) is 56.1 Å². The predicted octanol–water partition coefficient (Wildman–Crippen LogP) is 2.08. The van der Waals surface area contributed by atoms with Crippen LogP contribution in [-0.2, 0) is 30.5 Å². The van der Waals surface area contributed by atoms with Gasteiger partial charge in [0.15, 0.2) is 0 Å². The normalized spacial score (nSPS) is 17.3. The molecule has 3 heterocycles. The first-order valence-corrected chi connectivity index (χ1v) is 10.5. The van der Waals surface area contributed by atoms with Crippen molar-refractivity contribution in [2.75, 3.05) is 57.2 Å². The molecule has 0 atom stereocenters. The number of nitrogens with zero attached hydrogens (tertiary/aromatic N) is 1. The number of hydrogen-bond acceptors (Lipinski definition) is 8. The van der Waals surface area contributed by atoms with E-state index < -0.39 is 0 Å². The molecule has 0 bridgehead atoms. The van der Waals surface area contributed by atoms with Crippen LogP contribution in [0.1, 0.15) is 35.6 Å². The number of phenols is 1. The molecule has 2 saturated heterocycles. The Morgan fingerprint density at radius 1 is 1.16 bits per heavy atom. The molecule has 2 aromatic rings. The summed E-state index contributed by atoms with van der Waals surface area (Å²) < 4.78 is 11.1. The van der Waals surface area contributed by atoms with Gasteiger partial charge in [-0.2, -0.15) is 0 Å². The number of para-hydroxylation sites is 1. The van der Waals surface area contributed by atoms with Crippen LogP contribution in [0.5, 0.6) is 5.75 Å². The maximum atomic E-state index is 10.2. The van der Waals surface area contributed by atoms with Crippen LogP contribution in [0.15, 0.2) is 24.3 Å². The number of hydroxylamine groups is 1. The third kappa shape index (κ3) is 6.27. The van der Waals surface area contributed by atoms with Gasteiger partial charge in [-0.25, -0.2) is 5.48 Å². The van der Waals surface area contributed by atoms with E-state index in [-0.39, 0.29) is 26.8 Å². The number of aromatic hydroxyl groups is 1. The number of aromatic amines is 1. The van der Waals surface area contributed by atoms with E-state index in [4.69, 9.17) is 26.1 Å². The summed E-state index contributed by atoms with van der Waals surface area (Å²) in [6.07, 6.45) is 3.80. The van der Waals surface area contributed by atoms with Crippen molar-refractivity contribution < 1.29 is 40.9 Å². The summed E-state index contributed by atoms with van der Waals surface area (Å²) in [6.45, 7) is 4.52. The molecule has 176 valence electrons. The summed E-state index contributed by atoms with van der Waals surface area (Å²) >= 11 is 0. The summed E-state index contributed by atoms with van der Waals surface area (Å²) in [5.41, 5.74) is 18.7. The van der Waals surface area contributed by atoms with Crippen LogP contribution in [0.2, 0.25) is 0 Å². The maximum absolute atomic E-state index is 10.2. The van der Waals surface area contributed by atoms with Crippen LogP contribution in [0.4, 0.5) is 11.5 Å². The number of nitrogens with one attached hydrogen (secondary N) is 2. The van der Waals surface area contributed by atoms with Crippen molar-refractivity contribution in [3.8, 4) is 5.75 Å². The van der Waals surface area contributed by atoms with Crippen LogP contribution in [0.25, 0.3) is 11.8 Å². The summed E-state index contributed by atoms with van der Waals surface area (Å²) in [7, 11) is 1.43. The van der Waals surface area contributed by atoms with Gasteiger partial charge in [0.1, 0.15) is 11.6 Å². The zero-order chi connectivity index (χ0) is 22.2. The van der Waals surface area contributed by atoms with Crippen molar-refractivity contribution in [2.24, 2.45) is 5.73 Å². The molecule has 2 aliphatic heterocycles. The Labute approximate surface area is 203 Å². The summed E-state index contributed by atoms with van der Waals surface area (Å²) in [6, 6.07) is 7.07. The van der Waals surface area contributed by atoms with Crippen LogP contribution in [0, 0.1) is 0 Å². The van der Waals surface area contributed by atoms with E-state index in [9.17, 15) is 5.11 Å². The molecule has 2 fully saturated rings. The number of rotatable bonds is 4. The molecule has 4 rings (SSSR count). The molecule has 0 aliphatic carbocycles. The molecule has 1 aromatic heterocycles. The monoisotopic (exact) mass is 615 g/mol. The molecule has 9 nitrogen and oxygen atoms in total. The molecule has 10 heteroatoms. The standard InChI is InChI=1S/C21H28N4O3.CH5NO.W/c22-17(15-3-1-2-4-18(15)26)13-16-20(25-7-11-28-12-8-25)19(24-21(16)23)14-5-9-27-10-6-14;1-2-3;/h1-4,13-14,24,26H,5-12,22-23H2;2-3H,1H3;/b17-13-;;. The number of phenolic OH excluding ortho intramolecular Hbond substituents is 1. The molecular formula is C22H33N5O4W. The predicted molar refractivity (Wildman–Crippen MR) is 122 cm³/mol. The van der Waals surface area contributed by atoms with Gasteiger partial charge in [-0.3, -0.25) is 0 Å². The third-order valence-corrected chi connectivity index (χ3v) is 5.54. The molecule has 2 aliphatic rings. The first-order valence-electron chi connectivity index (χ1n) is 10.5. The first kappa shape index (κ1) is 26.2. The molecule has 32 heavy (non-hydrogen) atoms. The second kappa shape index (κ2) is 12.9.